The molecule has 5 rings (SSSR count). The van der Waals surface area contributed by atoms with Gasteiger partial charge in [0.15, 0.2) is 0 Å². The zero-order valence-electron chi connectivity index (χ0n) is 16.1. The van der Waals surface area contributed by atoms with Gasteiger partial charge in [-0.3, -0.25) is 10.1 Å². The molecule has 31 heavy (non-hydrogen) atoms. The number of hydrogen-bond acceptors (Lipinski definition) is 6. The molecule has 0 atom stereocenters. The molecule has 0 saturated heterocycles. The number of hydrogen-bond donors (Lipinski definition) is 1. The van der Waals surface area contributed by atoms with Gasteiger partial charge in [-0.15, -0.1) is 0 Å². The molecule has 1 heterocycles. The van der Waals surface area contributed by atoms with Crippen molar-refractivity contribution in [3.8, 4) is 23.0 Å². The smallest absolute Gasteiger partial charge is 0.276 e. The number of benzene rings is 4. The van der Waals surface area contributed by atoms with E-state index in [1.54, 1.807) is 36.4 Å². The number of nitro benzene ring substituents is 1. The van der Waals surface area contributed by atoms with Crippen LogP contribution in [-0.2, 0) is 0 Å². The molecule has 0 saturated carbocycles. The quantitative estimate of drug-likeness (QED) is 0.197. The lowest BCUT2D eigenvalue weighted by Gasteiger charge is -2.10. The summed E-state index contributed by atoms with van der Waals surface area (Å²) >= 11 is 0. The predicted molar refractivity (Wildman–Crippen MR) is 118 cm³/mol. The molecule has 7 heteroatoms. The van der Waals surface area contributed by atoms with Gasteiger partial charge in [-0.1, -0.05) is 18.2 Å². The lowest BCUT2D eigenvalue weighted by molar-refractivity contribution is -0.385. The van der Waals surface area contributed by atoms with Crippen LogP contribution in [0.1, 0.15) is 0 Å². The van der Waals surface area contributed by atoms with Gasteiger partial charge in [0.05, 0.1) is 17.1 Å². The number of fused-ring (bicyclic) bond motifs is 3. The minimum atomic E-state index is -0.491. The maximum absolute atomic E-state index is 11.4. The maximum atomic E-state index is 11.4. The molecule has 0 bridgehead atoms. The Bertz CT molecular complexity index is 1420. The number of nitro groups is 1. The van der Waals surface area contributed by atoms with Crippen LogP contribution >= 0.6 is 0 Å². The van der Waals surface area contributed by atoms with Gasteiger partial charge in [0.1, 0.15) is 34.2 Å². The lowest BCUT2D eigenvalue weighted by Crippen LogP contribution is -1.93. The molecular weight excluding hydrogens is 396 g/mol. The SMILES string of the molecule is Nc1ccc(Oc2cc(Oc3ccc4oc5ccccc5c4c3)cc([N+](=O)[O-])c2)cc1. The molecule has 7 nitrogen and oxygen atoms in total. The molecule has 0 fully saturated rings. The summed E-state index contributed by atoms with van der Waals surface area (Å²) in [6.07, 6.45) is 0. The molecule has 0 spiro atoms. The van der Waals surface area contributed by atoms with Crippen molar-refractivity contribution < 1.29 is 18.8 Å². The van der Waals surface area contributed by atoms with E-state index in [-0.39, 0.29) is 17.2 Å². The molecule has 0 aliphatic heterocycles. The van der Waals surface area contributed by atoms with Gasteiger partial charge in [-0.2, -0.15) is 0 Å². The van der Waals surface area contributed by atoms with Crippen molar-refractivity contribution in [2.24, 2.45) is 0 Å². The summed E-state index contributed by atoms with van der Waals surface area (Å²) in [5.74, 6) is 1.60. The highest BCUT2D eigenvalue weighted by Gasteiger charge is 2.14. The second-order valence-corrected chi connectivity index (χ2v) is 6.95. The average Bonchev–Trinajstić information content (AvgIpc) is 3.13. The van der Waals surface area contributed by atoms with Gasteiger partial charge < -0.3 is 19.6 Å². The Hall–Kier alpha value is -4.52. The standard InChI is InChI=1S/C24H16N2O5/c25-15-5-7-17(8-6-15)29-19-11-16(26(27)28)12-20(13-19)30-18-9-10-24-22(14-18)21-3-1-2-4-23(21)31-24/h1-14H,25H2. The molecule has 0 unspecified atom stereocenters. The van der Waals surface area contributed by atoms with E-state index in [9.17, 15) is 10.1 Å². The molecule has 1 aromatic heterocycles. The van der Waals surface area contributed by atoms with Crippen molar-refractivity contribution in [2.75, 3.05) is 5.73 Å². The second-order valence-electron chi connectivity index (χ2n) is 6.95. The van der Waals surface area contributed by atoms with Gasteiger partial charge in [-0.25, -0.2) is 0 Å². The normalized spacial score (nSPS) is 11.0. The zero-order valence-corrected chi connectivity index (χ0v) is 16.1. The van der Waals surface area contributed by atoms with Crippen molar-refractivity contribution >= 4 is 33.3 Å². The highest BCUT2D eigenvalue weighted by atomic mass is 16.6. The highest BCUT2D eigenvalue weighted by molar-refractivity contribution is 6.05. The number of rotatable bonds is 5. The van der Waals surface area contributed by atoms with E-state index in [0.29, 0.717) is 17.2 Å². The van der Waals surface area contributed by atoms with Gasteiger partial charge in [0.25, 0.3) is 5.69 Å². The van der Waals surface area contributed by atoms with Crippen LogP contribution in [-0.4, -0.2) is 4.92 Å². The fourth-order valence-electron chi connectivity index (χ4n) is 3.36. The summed E-state index contributed by atoms with van der Waals surface area (Å²) in [5, 5.41) is 13.3. The van der Waals surface area contributed by atoms with Crippen LogP contribution < -0.4 is 15.2 Å². The Kier molecular flexibility index (Phi) is 4.41. The van der Waals surface area contributed by atoms with Crippen LogP contribution in [0.15, 0.2) is 89.3 Å². The first-order valence-electron chi connectivity index (χ1n) is 9.47. The van der Waals surface area contributed by atoms with Crippen LogP contribution in [0.3, 0.4) is 0 Å². The zero-order chi connectivity index (χ0) is 21.4. The first-order chi connectivity index (χ1) is 15.0. The largest absolute Gasteiger partial charge is 0.457 e. The fraction of sp³-hybridized carbons (Fsp3) is 0. The summed E-state index contributed by atoms with van der Waals surface area (Å²) < 4.78 is 17.5. The number of para-hydroxylation sites is 1. The summed E-state index contributed by atoms with van der Waals surface area (Å²) in [4.78, 5) is 10.9. The van der Waals surface area contributed by atoms with Crippen molar-refractivity contribution in [3.05, 3.63) is 95.0 Å². The Morgan fingerprint density at radius 3 is 2.10 bits per heavy atom. The molecule has 2 N–H and O–H groups in total. The van der Waals surface area contributed by atoms with E-state index in [2.05, 4.69) is 0 Å². The van der Waals surface area contributed by atoms with Crippen molar-refractivity contribution in [2.45, 2.75) is 0 Å². The number of nitrogens with zero attached hydrogens (tertiary/aromatic N) is 1. The van der Waals surface area contributed by atoms with Crippen molar-refractivity contribution in [1.29, 1.82) is 0 Å². The fourth-order valence-corrected chi connectivity index (χ4v) is 3.36. The third kappa shape index (κ3) is 3.72. The summed E-state index contributed by atoms with van der Waals surface area (Å²) in [7, 11) is 0. The Balaban J connectivity index is 1.50. The van der Waals surface area contributed by atoms with E-state index in [1.807, 2.05) is 36.4 Å². The minimum Gasteiger partial charge on any atom is -0.457 e. The number of nitrogen functional groups attached to an aromatic ring is 1. The molecule has 4 aromatic carbocycles. The number of ether oxygens (including phenoxy) is 2. The van der Waals surface area contributed by atoms with E-state index >= 15 is 0 Å². The van der Waals surface area contributed by atoms with Crippen molar-refractivity contribution in [3.63, 3.8) is 0 Å². The van der Waals surface area contributed by atoms with Crippen LogP contribution in [0, 0.1) is 10.1 Å². The Morgan fingerprint density at radius 1 is 0.710 bits per heavy atom. The second kappa shape index (κ2) is 7.38. The summed E-state index contributed by atoms with van der Waals surface area (Å²) in [5.41, 5.74) is 7.66. The Morgan fingerprint density at radius 2 is 1.35 bits per heavy atom. The van der Waals surface area contributed by atoms with Crippen LogP contribution in [0.2, 0.25) is 0 Å². The van der Waals surface area contributed by atoms with Gasteiger partial charge in [0, 0.05) is 22.5 Å². The minimum absolute atomic E-state index is 0.141. The number of nitrogens with two attached hydrogens (primary N) is 1. The third-order valence-electron chi connectivity index (χ3n) is 4.78. The average molecular weight is 412 g/mol. The molecule has 0 radical (unpaired) electrons. The molecule has 0 aliphatic carbocycles. The number of anilines is 1. The monoisotopic (exact) mass is 412 g/mol. The molecular formula is C24H16N2O5. The molecule has 152 valence electrons. The van der Waals surface area contributed by atoms with E-state index in [1.165, 1.54) is 12.1 Å². The van der Waals surface area contributed by atoms with Crippen LogP contribution in [0.4, 0.5) is 11.4 Å². The number of non-ortho nitro benzene ring substituents is 1. The first-order valence-corrected chi connectivity index (χ1v) is 9.47. The Labute approximate surface area is 176 Å². The summed E-state index contributed by atoms with van der Waals surface area (Å²) in [6, 6.07) is 24.2. The summed E-state index contributed by atoms with van der Waals surface area (Å²) in [6.45, 7) is 0. The van der Waals surface area contributed by atoms with E-state index in [0.717, 1.165) is 21.9 Å². The third-order valence-corrected chi connectivity index (χ3v) is 4.78. The molecule has 0 amide bonds. The first kappa shape index (κ1) is 18.5. The van der Waals surface area contributed by atoms with Gasteiger partial charge in [-0.05, 0) is 48.5 Å². The van der Waals surface area contributed by atoms with Gasteiger partial charge >= 0.3 is 0 Å². The topological polar surface area (TPSA) is 101 Å². The van der Waals surface area contributed by atoms with E-state index in [4.69, 9.17) is 19.6 Å². The van der Waals surface area contributed by atoms with Crippen molar-refractivity contribution in [1.82, 2.24) is 0 Å². The van der Waals surface area contributed by atoms with E-state index < -0.39 is 4.92 Å². The lowest BCUT2D eigenvalue weighted by atomic mass is 10.1. The number of furan rings is 1. The maximum Gasteiger partial charge on any atom is 0.276 e. The van der Waals surface area contributed by atoms with Gasteiger partial charge in [0.2, 0.25) is 0 Å². The van der Waals surface area contributed by atoms with Crippen LogP contribution in [0.25, 0.3) is 21.9 Å². The molecule has 5 aromatic rings. The predicted octanol–water partition coefficient (Wildman–Crippen LogP) is 6.66. The molecule has 0 aliphatic rings. The highest BCUT2D eigenvalue weighted by Crippen LogP contribution is 2.36. The van der Waals surface area contributed by atoms with Crippen LogP contribution in [0.5, 0.6) is 23.0 Å².